The van der Waals surface area contributed by atoms with E-state index in [9.17, 15) is 9.59 Å². The van der Waals surface area contributed by atoms with E-state index in [1.807, 2.05) is 49.4 Å². The van der Waals surface area contributed by atoms with Gasteiger partial charge in [0, 0.05) is 6.54 Å². The van der Waals surface area contributed by atoms with E-state index in [0.29, 0.717) is 35.9 Å². The lowest BCUT2D eigenvalue weighted by Crippen LogP contribution is -2.26. The van der Waals surface area contributed by atoms with Crippen molar-refractivity contribution in [2.24, 2.45) is 0 Å². The van der Waals surface area contributed by atoms with E-state index in [4.69, 9.17) is 9.47 Å². The van der Waals surface area contributed by atoms with E-state index in [1.54, 1.807) is 36.4 Å². The van der Waals surface area contributed by atoms with Crippen molar-refractivity contribution in [2.45, 2.75) is 19.9 Å². The van der Waals surface area contributed by atoms with Crippen LogP contribution in [0.25, 0.3) is 0 Å². The van der Waals surface area contributed by atoms with Gasteiger partial charge in [-0.15, -0.1) is 0 Å². The Morgan fingerprint density at radius 2 is 1.45 bits per heavy atom. The lowest BCUT2D eigenvalue weighted by molar-refractivity contribution is -0.118. The van der Waals surface area contributed by atoms with Crippen molar-refractivity contribution in [1.29, 1.82) is 0 Å². The molecule has 0 aliphatic rings. The first-order valence-electron chi connectivity index (χ1n) is 10.2. The third-order valence-electron chi connectivity index (χ3n) is 4.41. The molecule has 0 saturated carbocycles. The van der Waals surface area contributed by atoms with Crippen LogP contribution in [0, 0.1) is 0 Å². The van der Waals surface area contributed by atoms with E-state index in [0.717, 1.165) is 12.0 Å². The summed E-state index contributed by atoms with van der Waals surface area (Å²) in [6.07, 6.45) is 0.873. The molecule has 2 amide bonds. The second kappa shape index (κ2) is 11.4. The summed E-state index contributed by atoms with van der Waals surface area (Å²) in [6, 6.07) is 23.7. The fourth-order valence-electron chi connectivity index (χ4n) is 2.89. The van der Waals surface area contributed by atoms with E-state index >= 15 is 0 Å². The minimum atomic E-state index is -0.367. The van der Waals surface area contributed by atoms with Gasteiger partial charge in [-0.05, 0) is 36.2 Å². The fourth-order valence-corrected chi connectivity index (χ4v) is 2.89. The lowest BCUT2D eigenvalue weighted by atomic mass is 10.1. The summed E-state index contributed by atoms with van der Waals surface area (Å²) in [7, 11) is 0. The molecular formula is C25H26N2O4. The maximum Gasteiger partial charge on any atom is 0.262 e. The standard InChI is InChI=1S/C25H26N2O4/c1-2-16-30-22-14-8-9-15-23(22)31-18-24(28)27-21-13-7-6-12-20(21)25(29)26-17-19-10-4-3-5-11-19/h3-15H,2,16-18H2,1H3,(H,26,29)(H,27,28). The van der Waals surface area contributed by atoms with Gasteiger partial charge >= 0.3 is 0 Å². The van der Waals surface area contributed by atoms with Gasteiger partial charge in [0.1, 0.15) is 0 Å². The SMILES string of the molecule is CCCOc1ccccc1OCC(=O)Nc1ccccc1C(=O)NCc1ccccc1. The Morgan fingerprint density at radius 3 is 2.19 bits per heavy atom. The Labute approximate surface area is 182 Å². The number of benzene rings is 3. The smallest absolute Gasteiger partial charge is 0.262 e. The molecule has 3 rings (SSSR count). The van der Waals surface area contributed by atoms with E-state index < -0.39 is 0 Å². The minimum absolute atomic E-state index is 0.202. The predicted molar refractivity (Wildman–Crippen MR) is 120 cm³/mol. The molecule has 0 unspecified atom stereocenters. The molecule has 0 bridgehead atoms. The second-order valence-corrected chi connectivity index (χ2v) is 6.85. The van der Waals surface area contributed by atoms with Crippen LogP contribution in [0.15, 0.2) is 78.9 Å². The Morgan fingerprint density at radius 1 is 0.806 bits per heavy atom. The number of hydrogen-bond acceptors (Lipinski definition) is 4. The normalized spacial score (nSPS) is 10.2. The number of nitrogens with one attached hydrogen (secondary N) is 2. The summed E-state index contributed by atoms with van der Waals surface area (Å²) in [5, 5.41) is 5.63. The average molecular weight is 418 g/mol. The second-order valence-electron chi connectivity index (χ2n) is 6.85. The van der Waals surface area contributed by atoms with Gasteiger partial charge < -0.3 is 20.1 Å². The van der Waals surface area contributed by atoms with Crippen molar-refractivity contribution in [2.75, 3.05) is 18.5 Å². The van der Waals surface area contributed by atoms with E-state index in [-0.39, 0.29) is 18.4 Å². The summed E-state index contributed by atoms with van der Waals surface area (Å²) in [6.45, 7) is 2.79. The summed E-state index contributed by atoms with van der Waals surface area (Å²) < 4.78 is 11.3. The van der Waals surface area contributed by atoms with Gasteiger partial charge in [0.2, 0.25) is 0 Å². The molecule has 0 spiro atoms. The van der Waals surface area contributed by atoms with Gasteiger partial charge in [0.05, 0.1) is 17.9 Å². The molecule has 0 radical (unpaired) electrons. The lowest BCUT2D eigenvalue weighted by Gasteiger charge is -2.14. The molecule has 0 heterocycles. The minimum Gasteiger partial charge on any atom is -0.490 e. The molecule has 160 valence electrons. The molecule has 0 fully saturated rings. The van der Waals surface area contributed by atoms with Gasteiger partial charge in [-0.1, -0.05) is 61.5 Å². The molecule has 2 N–H and O–H groups in total. The van der Waals surface area contributed by atoms with Crippen molar-refractivity contribution < 1.29 is 19.1 Å². The number of rotatable bonds is 10. The zero-order valence-electron chi connectivity index (χ0n) is 17.5. The van der Waals surface area contributed by atoms with Gasteiger partial charge in [0.15, 0.2) is 18.1 Å². The summed E-state index contributed by atoms with van der Waals surface area (Å²) in [5.41, 5.74) is 1.81. The van der Waals surface area contributed by atoms with E-state index in [2.05, 4.69) is 10.6 Å². The number of amides is 2. The molecule has 3 aromatic carbocycles. The molecule has 0 aliphatic heterocycles. The third kappa shape index (κ3) is 6.60. The number of hydrogen-bond donors (Lipinski definition) is 2. The number of carbonyl (C=O) groups excluding carboxylic acids is 2. The molecule has 6 heteroatoms. The monoisotopic (exact) mass is 418 g/mol. The Bertz CT molecular complexity index is 1010. The van der Waals surface area contributed by atoms with Crippen LogP contribution in [-0.2, 0) is 11.3 Å². The van der Waals surface area contributed by atoms with Crippen LogP contribution in [0.3, 0.4) is 0 Å². The molecule has 6 nitrogen and oxygen atoms in total. The Balaban J connectivity index is 1.59. The van der Waals surface area contributed by atoms with Gasteiger partial charge in [-0.2, -0.15) is 0 Å². The first kappa shape index (κ1) is 21.9. The average Bonchev–Trinajstić information content (AvgIpc) is 2.81. The zero-order valence-corrected chi connectivity index (χ0v) is 17.5. The highest BCUT2D eigenvalue weighted by atomic mass is 16.5. The zero-order chi connectivity index (χ0) is 21.9. The molecule has 0 aliphatic carbocycles. The molecule has 31 heavy (non-hydrogen) atoms. The van der Waals surface area contributed by atoms with Crippen LogP contribution in [0.1, 0.15) is 29.3 Å². The summed E-state index contributed by atoms with van der Waals surface area (Å²) in [4.78, 5) is 25.1. The quantitative estimate of drug-likeness (QED) is 0.511. The summed E-state index contributed by atoms with van der Waals surface area (Å²) in [5.74, 6) is 0.463. The van der Waals surface area contributed by atoms with Crippen molar-refractivity contribution in [3.8, 4) is 11.5 Å². The van der Waals surface area contributed by atoms with Crippen molar-refractivity contribution >= 4 is 17.5 Å². The van der Waals surface area contributed by atoms with Crippen molar-refractivity contribution in [3.63, 3.8) is 0 Å². The van der Waals surface area contributed by atoms with Crippen molar-refractivity contribution in [3.05, 3.63) is 90.0 Å². The molecular weight excluding hydrogens is 392 g/mol. The highest BCUT2D eigenvalue weighted by Gasteiger charge is 2.14. The maximum atomic E-state index is 12.6. The summed E-state index contributed by atoms with van der Waals surface area (Å²) >= 11 is 0. The van der Waals surface area contributed by atoms with Gasteiger partial charge in [-0.3, -0.25) is 9.59 Å². The first-order valence-corrected chi connectivity index (χ1v) is 10.2. The predicted octanol–water partition coefficient (Wildman–Crippen LogP) is 4.42. The Kier molecular flexibility index (Phi) is 8.05. The van der Waals surface area contributed by atoms with Crippen LogP contribution < -0.4 is 20.1 Å². The topological polar surface area (TPSA) is 76.7 Å². The highest BCUT2D eigenvalue weighted by Crippen LogP contribution is 2.26. The Hall–Kier alpha value is -3.80. The molecule has 0 atom stereocenters. The van der Waals surface area contributed by atoms with Crippen LogP contribution in [0.5, 0.6) is 11.5 Å². The van der Waals surface area contributed by atoms with Crippen LogP contribution in [0.2, 0.25) is 0 Å². The molecule has 0 aromatic heterocycles. The fraction of sp³-hybridized carbons (Fsp3) is 0.200. The largest absolute Gasteiger partial charge is 0.490 e. The maximum absolute atomic E-state index is 12.6. The molecule has 3 aromatic rings. The number of carbonyl (C=O) groups is 2. The van der Waals surface area contributed by atoms with Gasteiger partial charge in [0.25, 0.3) is 11.8 Å². The highest BCUT2D eigenvalue weighted by molar-refractivity contribution is 6.04. The van der Waals surface area contributed by atoms with Crippen LogP contribution in [-0.4, -0.2) is 25.0 Å². The number of anilines is 1. The number of para-hydroxylation sites is 3. The van der Waals surface area contributed by atoms with Gasteiger partial charge in [-0.25, -0.2) is 0 Å². The number of ether oxygens (including phenoxy) is 2. The van der Waals surface area contributed by atoms with Crippen LogP contribution >= 0.6 is 0 Å². The third-order valence-corrected chi connectivity index (χ3v) is 4.41. The van der Waals surface area contributed by atoms with Crippen LogP contribution in [0.4, 0.5) is 5.69 Å². The van der Waals surface area contributed by atoms with Crippen molar-refractivity contribution in [1.82, 2.24) is 5.32 Å². The molecule has 0 saturated heterocycles. The first-order chi connectivity index (χ1) is 15.2. The van der Waals surface area contributed by atoms with E-state index in [1.165, 1.54) is 0 Å².